The van der Waals surface area contributed by atoms with E-state index in [2.05, 4.69) is 15.0 Å². The van der Waals surface area contributed by atoms with E-state index in [1.54, 1.807) is 39.0 Å². The number of rotatable bonds is 3. The van der Waals surface area contributed by atoms with E-state index in [0.29, 0.717) is 22.6 Å². The van der Waals surface area contributed by atoms with Gasteiger partial charge in [0, 0.05) is 6.26 Å². The van der Waals surface area contributed by atoms with E-state index in [9.17, 15) is 18.4 Å². The molecule has 0 radical (unpaired) electrons. The average molecular weight is 425 g/mol. The Bertz CT molecular complexity index is 1300. The van der Waals surface area contributed by atoms with Crippen molar-refractivity contribution in [2.45, 2.75) is 31.2 Å². The van der Waals surface area contributed by atoms with Crippen LogP contribution in [0, 0.1) is 12.1 Å². The number of anilines is 2. The number of amides is 1. The van der Waals surface area contributed by atoms with E-state index in [4.69, 9.17) is 0 Å². The highest BCUT2D eigenvalue weighted by Gasteiger charge is 2.45. The van der Waals surface area contributed by atoms with Gasteiger partial charge in [0.1, 0.15) is 11.9 Å². The van der Waals surface area contributed by atoms with Crippen molar-refractivity contribution in [3.63, 3.8) is 0 Å². The van der Waals surface area contributed by atoms with Crippen LogP contribution >= 0.6 is 0 Å². The second-order valence-electron chi connectivity index (χ2n) is 7.72. The van der Waals surface area contributed by atoms with E-state index >= 15 is 0 Å². The van der Waals surface area contributed by atoms with Crippen molar-refractivity contribution in [1.29, 1.82) is 0 Å². The first-order chi connectivity index (χ1) is 14.0. The van der Waals surface area contributed by atoms with Gasteiger partial charge in [0.2, 0.25) is 17.8 Å². The monoisotopic (exact) mass is 425 g/mol. The molecule has 1 amide bonds. The topological polar surface area (TPSA) is 120 Å². The molecule has 3 heterocycles. The van der Waals surface area contributed by atoms with Crippen LogP contribution in [0.3, 0.4) is 0 Å². The lowest BCUT2D eigenvalue weighted by Crippen LogP contribution is -2.33. The highest BCUT2D eigenvalue weighted by atomic mass is 32.2. The van der Waals surface area contributed by atoms with Gasteiger partial charge in [-0.1, -0.05) is 6.07 Å². The summed E-state index contributed by atoms with van der Waals surface area (Å²) in [5.74, 6) is -0.171. The van der Waals surface area contributed by atoms with Gasteiger partial charge in [-0.15, -0.1) is 0 Å². The summed E-state index contributed by atoms with van der Waals surface area (Å²) in [5.41, 5.74) is 1.87. The van der Waals surface area contributed by atoms with Crippen LogP contribution in [0.5, 0.6) is 0 Å². The first-order valence-electron chi connectivity index (χ1n) is 9.07. The number of benzene rings is 1. The number of fused-ring (bicyclic) bond motifs is 1. The molecule has 0 bridgehead atoms. The minimum absolute atomic E-state index is 0.101. The molecule has 4 rings (SSSR count). The predicted octanol–water partition coefficient (Wildman–Crippen LogP) is 1.84. The first-order valence-corrected chi connectivity index (χ1v) is 11.0. The maximum atomic E-state index is 13.2. The maximum Gasteiger partial charge on any atom is 0.242 e. The predicted molar refractivity (Wildman–Crippen MR) is 109 cm³/mol. The number of nitrogens with zero attached hydrogens (tertiary/aromatic N) is 5. The molecule has 3 aromatic rings. The Balaban J connectivity index is 1.91. The third-order valence-corrected chi connectivity index (χ3v) is 6.04. The van der Waals surface area contributed by atoms with Gasteiger partial charge in [-0.05, 0) is 38.5 Å². The molecule has 1 aliphatic heterocycles. The highest BCUT2D eigenvalue weighted by molar-refractivity contribution is 7.90. The van der Waals surface area contributed by atoms with E-state index in [0.717, 1.165) is 22.7 Å². The van der Waals surface area contributed by atoms with Crippen molar-refractivity contribution in [3.05, 3.63) is 59.5 Å². The third-order valence-electron chi connectivity index (χ3n) is 5.09. The lowest BCUT2D eigenvalue weighted by Gasteiger charge is -2.19. The number of carbonyl (C=O) groups excluding carboxylic acids is 1. The molecule has 0 aliphatic carbocycles. The van der Waals surface area contributed by atoms with Crippen molar-refractivity contribution in [2.24, 2.45) is 0 Å². The van der Waals surface area contributed by atoms with Gasteiger partial charge in [-0.25, -0.2) is 18.4 Å². The molecule has 0 spiro atoms. The van der Waals surface area contributed by atoms with Crippen LogP contribution in [-0.2, 0) is 20.0 Å². The minimum atomic E-state index is -3.60. The molecule has 0 fully saturated rings. The Kier molecular flexibility index (Phi) is 4.35. The Labute approximate surface area is 173 Å². The van der Waals surface area contributed by atoms with Gasteiger partial charge in [-0.2, -0.15) is 4.73 Å². The summed E-state index contributed by atoms with van der Waals surface area (Å²) in [5, 5.41) is 12.1. The fourth-order valence-electron chi connectivity index (χ4n) is 3.45. The lowest BCUT2D eigenvalue weighted by atomic mass is 9.86. The molecule has 2 aromatic heterocycles. The quantitative estimate of drug-likeness (QED) is 0.464. The van der Waals surface area contributed by atoms with Gasteiger partial charge in [0.05, 0.1) is 29.1 Å². The van der Waals surface area contributed by atoms with E-state index in [1.807, 2.05) is 0 Å². The summed E-state index contributed by atoms with van der Waals surface area (Å²) in [6.07, 6.45) is 6.35. The lowest BCUT2D eigenvalue weighted by molar-refractivity contribution is -0.594. The molecule has 30 heavy (non-hydrogen) atoms. The van der Waals surface area contributed by atoms with Crippen molar-refractivity contribution in [2.75, 3.05) is 11.2 Å². The highest BCUT2D eigenvalue weighted by Crippen LogP contribution is 2.46. The molecule has 1 aromatic carbocycles. The first kappa shape index (κ1) is 19.9. The molecular weight excluding hydrogens is 406 g/mol. The molecule has 0 N–H and O–H groups in total. The van der Waals surface area contributed by atoms with Gasteiger partial charge in [-0.3, -0.25) is 14.7 Å². The number of hydrogen-bond acceptors (Lipinski definition) is 7. The van der Waals surface area contributed by atoms with Crippen molar-refractivity contribution in [1.82, 2.24) is 15.0 Å². The minimum Gasteiger partial charge on any atom is -0.618 e. The summed E-state index contributed by atoms with van der Waals surface area (Å²) < 4.78 is 24.5. The smallest absolute Gasteiger partial charge is 0.242 e. The zero-order valence-electron chi connectivity index (χ0n) is 16.8. The Morgan fingerprint density at radius 2 is 1.90 bits per heavy atom. The van der Waals surface area contributed by atoms with Gasteiger partial charge in [0.25, 0.3) is 0 Å². The fourth-order valence-corrected chi connectivity index (χ4v) is 3.97. The van der Waals surface area contributed by atoms with Crippen molar-refractivity contribution in [3.8, 4) is 11.3 Å². The zero-order chi connectivity index (χ0) is 21.8. The third kappa shape index (κ3) is 3.09. The molecular formula is C20H19N5O4S. The summed E-state index contributed by atoms with van der Waals surface area (Å²) >= 11 is 0. The SMILES string of the molecule is Cc1c[n+]([O-])c(-c2ccc3c(c2)N(c2cncc(S(C)(=O)=O)n2)C(=O)C3(C)C)cn1. The zero-order valence-corrected chi connectivity index (χ0v) is 17.6. The van der Waals surface area contributed by atoms with E-state index in [1.165, 1.54) is 23.5 Å². The number of aromatic nitrogens is 4. The van der Waals surface area contributed by atoms with Gasteiger partial charge in [0.15, 0.2) is 20.7 Å². The average Bonchev–Trinajstić information content (AvgIpc) is 2.87. The standard InChI is InChI=1S/C20H19N5O4S/c1-12-11-24(27)16(8-22-12)13-5-6-14-15(7-13)25(19(26)20(14,2)3)17-9-21-10-18(23-17)30(4,28)29/h5-11H,1-4H3. The van der Waals surface area contributed by atoms with Crippen LogP contribution < -0.4 is 9.63 Å². The Morgan fingerprint density at radius 1 is 1.17 bits per heavy atom. The van der Waals surface area contributed by atoms with E-state index < -0.39 is 15.3 Å². The second-order valence-corrected chi connectivity index (χ2v) is 9.69. The van der Waals surface area contributed by atoms with Crippen LogP contribution in [0.25, 0.3) is 11.3 Å². The molecule has 9 nitrogen and oxygen atoms in total. The normalized spacial score (nSPS) is 15.3. The van der Waals surface area contributed by atoms with Crippen LogP contribution in [0.15, 0.2) is 48.0 Å². The van der Waals surface area contributed by atoms with Crippen LogP contribution in [-0.4, -0.2) is 35.5 Å². The molecule has 0 saturated carbocycles. The van der Waals surface area contributed by atoms with E-state index in [-0.39, 0.29) is 16.8 Å². The number of sulfone groups is 1. The largest absolute Gasteiger partial charge is 0.618 e. The van der Waals surface area contributed by atoms with Crippen LogP contribution in [0.4, 0.5) is 11.5 Å². The molecule has 0 atom stereocenters. The molecule has 0 unspecified atom stereocenters. The summed E-state index contributed by atoms with van der Waals surface area (Å²) in [4.78, 5) is 26.9. The Hall–Kier alpha value is -3.40. The second kappa shape index (κ2) is 6.56. The molecule has 1 aliphatic rings. The maximum absolute atomic E-state index is 13.2. The number of carbonyl (C=O) groups is 1. The number of aryl methyl sites for hydroxylation is 1. The molecule has 154 valence electrons. The van der Waals surface area contributed by atoms with Crippen LogP contribution in [0.2, 0.25) is 0 Å². The van der Waals surface area contributed by atoms with Crippen molar-refractivity contribution >= 4 is 27.2 Å². The van der Waals surface area contributed by atoms with Gasteiger partial charge < -0.3 is 5.21 Å². The summed E-state index contributed by atoms with van der Waals surface area (Å²) in [6, 6.07) is 5.25. The molecule has 0 saturated heterocycles. The molecule has 10 heteroatoms. The fraction of sp³-hybridized carbons (Fsp3) is 0.250. The Morgan fingerprint density at radius 3 is 2.57 bits per heavy atom. The van der Waals surface area contributed by atoms with Crippen molar-refractivity contribution < 1.29 is 17.9 Å². The van der Waals surface area contributed by atoms with Crippen LogP contribution in [0.1, 0.15) is 25.1 Å². The van der Waals surface area contributed by atoms with Gasteiger partial charge >= 0.3 is 0 Å². The number of hydrogen-bond donors (Lipinski definition) is 0. The summed E-state index contributed by atoms with van der Waals surface area (Å²) in [6.45, 7) is 5.28. The summed E-state index contributed by atoms with van der Waals surface area (Å²) in [7, 11) is -3.60.